The number of ketones is 1. The topological polar surface area (TPSA) is 72.1 Å². The number of halogens is 2. The second-order valence-corrected chi connectivity index (χ2v) is 7.93. The van der Waals surface area contributed by atoms with Crippen LogP contribution in [0.25, 0.3) is 16.6 Å². The number of fused-ring (bicyclic) bond motifs is 1. The van der Waals surface area contributed by atoms with Gasteiger partial charge < -0.3 is 9.30 Å². The number of aromatic nitrogens is 1. The average Bonchev–Trinajstić information content (AvgIpc) is 3.19. The fraction of sp³-hybridized carbons (Fsp3) is 0.0800. The van der Waals surface area contributed by atoms with Crippen molar-refractivity contribution in [1.29, 1.82) is 5.26 Å². The Labute approximate surface area is 194 Å². The highest BCUT2D eigenvalue weighted by Crippen LogP contribution is 2.34. The van der Waals surface area contributed by atoms with E-state index in [9.17, 15) is 14.9 Å². The van der Waals surface area contributed by atoms with Gasteiger partial charge in [-0.05, 0) is 55.0 Å². The Balaban J connectivity index is 2.04. The van der Waals surface area contributed by atoms with Crippen LogP contribution in [-0.2, 0) is 4.74 Å². The average molecular weight is 463 g/mol. The van der Waals surface area contributed by atoms with Crippen LogP contribution in [0.15, 0.2) is 60.7 Å². The SMILES string of the molecule is COC(=O)c1ccc(Cl)c(C(=O)c2cc3c(C)cc(C#N)cc3n2-c2ccccc2)c1Cl. The number of benzene rings is 3. The fourth-order valence-corrected chi connectivity index (χ4v) is 4.35. The lowest BCUT2D eigenvalue weighted by Crippen LogP contribution is -2.12. The number of nitrogens with zero attached hydrogens (tertiary/aromatic N) is 2. The molecule has 0 bridgehead atoms. The zero-order chi connectivity index (χ0) is 23.0. The first-order chi connectivity index (χ1) is 15.4. The van der Waals surface area contributed by atoms with Crippen molar-refractivity contribution < 1.29 is 14.3 Å². The fourth-order valence-electron chi connectivity index (χ4n) is 3.73. The summed E-state index contributed by atoms with van der Waals surface area (Å²) in [6.07, 6.45) is 0. The van der Waals surface area contributed by atoms with Gasteiger partial charge in [0.05, 0.1) is 51.1 Å². The van der Waals surface area contributed by atoms with Crippen LogP contribution < -0.4 is 0 Å². The second kappa shape index (κ2) is 8.51. The highest BCUT2D eigenvalue weighted by Gasteiger charge is 2.26. The first kappa shape index (κ1) is 21.6. The molecule has 0 atom stereocenters. The van der Waals surface area contributed by atoms with Gasteiger partial charge >= 0.3 is 5.97 Å². The number of nitriles is 1. The number of ether oxygens (including phenoxy) is 1. The van der Waals surface area contributed by atoms with Crippen molar-refractivity contribution in [1.82, 2.24) is 4.57 Å². The molecule has 1 aromatic heterocycles. The van der Waals surface area contributed by atoms with Crippen molar-refractivity contribution in [2.45, 2.75) is 6.92 Å². The third kappa shape index (κ3) is 3.54. The number of methoxy groups -OCH3 is 1. The molecule has 0 N–H and O–H groups in total. The lowest BCUT2D eigenvalue weighted by Gasteiger charge is -2.13. The number of esters is 1. The molecule has 0 unspecified atom stereocenters. The molecule has 0 spiro atoms. The molecule has 32 heavy (non-hydrogen) atoms. The van der Waals surface area contributed by atoms with Crippen LogP contribution in [0, 0.1) is 18.3 Å². The van der Waals surface area contributed by atoms with Crippen molar-refractivity contribution in [3.8, 4) is 11.8 Å². The Morgan fingerprint density at radius 3 is 2.41 bits per heavy atom. The standard InChI is InChI=1S/C25H16Cl2N2O3/c1-14-10-15(13-28)11-20-18(14)12-21(29(20)16-6-4-3-5-7-16)24(30)22-19(26)9-8-17(23(22)27)25(31)32-2/h3-12H,1-2H3. The number of aryl methyl sites for hydroxylation is 1. The zero-order valence-corrected chi connectivity index (χ0v) is 18.7. The number of hydrogen-bond acceptors (Lipinski definition) is 4. The van der Waals surface area contributed by atoms with Crippen molar-refractivity contribution >= 4 is 45.9 Å². The Hall–Kier alpha value is -3.59. The number of carbonyl (C=O) groups excluding carboxylic acids is 2. The molecule has 5 nitrogen and oxygen atoms in total. The number of hydrogen-bond donors (Lipinski definition) is 0. The van der Waals surface area contributed by atoms with E-state index in [2.05, 4.69) is 6.07 Å². The molecule has 7 heteroatoms. The molecule has 1 heterocycles. The minimum absolute atomic E-state index is 0.00869. The van der Waals surface area contributed by atoms with Crippen LogP contribution >= 0.6 is 23.2 Å². The van der Waals surface area contributed by atoms with Gasteiger partial charge in [0.15, 0.2) is 0 Å². The van der Waals surface area contributed by atoms with Crippen molar-refractivity contribution in [3.05, 3.63) is 98.7 Å². The molecule has 0 aliphatic heterocycles. The maximum absolute atomic E-state index is 13.8. The molecule has 0 aliphatic rings. The maximum atomic E-state index is 13.8. The van der Waals surface area contributed by atoms with Gasteiger partial charge in [-0.3, -0.25) is 4.79 Å². The largest absolute Gasteiger partial charge is 0.465 e. The van der Waals surface area contributed by atoms with Gasteiger partial charge in [0, 0.05) is 11.1 Å². The Bertz CT molecular complexity index is 1430. The van der Waals surface area contributed by atoms with Crippen molar-refractivity contribution in [2.75, 3.05) is 7.11 Å². The summed E-state index contributed by atoms with van der Waals surface area (Å²) in [5.41, 5.74) is 3.12. The van der Waals surface area contributed by atoms with E-state index in [1.807, 2.05) is 37.3 Å². The quantitative estimate of drug-likeness (QED) is 0.270. The van der Waals surface area contributed by atoms with Gasteiger partial charge in [0.1, 0.15) is 0 Å². The molecule has 3 aromatic carbocycles. The third-order valence-electron chi connectivity index (χ3n) is 5.23. The minimum Gasteiger partial charge on any atom is -0.465 e. The summed E-state index contributed by atoms with van der Waals surface area (Å²) in [6.45, 7) is 1.88. The predicted molar refractivity (Wildman–Crippen MR) is 124 cm³/mol. The van der Waals surface area contributed by atoms with E-state index >= 15 is 0 Å². The molecular weight excluding hydrogens is 447 g/mol. The Kier molecular flexibility index (Phi) is 5.75. The van der Waals surface area contributed by atoms with E-state index in [1.54, 1.807) is 22.8 Å². The van der Waals surface area contributed by atoms with Gasteiger partial charge in [-0.2, -0.15) is 5.26 Å². The number of carbonyl (C=O) groups is 2. The molecule has 0 saturated heterocycles. The van der Waals surface area contributed by atoms with Crippen LogP contribution in [0.4, 0.5) is 0 Å². The van der Waals surface area contributed by atoms with Crippen molar-refractivity contribution in [2.24, 2.45) is 0 Å². The van der Waals surface area contributed by atoms with Crippen LogP contribution in [0.2, 0.25) is 10.0 Å². The van der Waals surface area contributed by atoms with E-state index in [4.69, 9.17) is 27.9 Å². The normalized spacial score (nSPS) is 10.7. The summed E-state index contributed by atoms with van der Waals surface area (Å²) in [5, 5.41) is 10.3. The summed E-state index contributed by atoms with van der Waals surface area (Å²) in [4.78, 5) is 25.9. The third-order valence-corrected chi connectivity index (χ3v) is 5.94. The van der Waals surface area contributed by atoms with Crippen molar-refractivity contribution in [3.63, 3.8) is 0 Å². The van der Waals surface area contributed by atoms with Gasteiger partial charge in [-0.1, -0.05) is 41.4 Å². The molecule has 0 radical (unpaired) electrons. The van der Waals surface area contributed by atoms with Gasteiger partial charge in [-0.25, -0.2) is 4.79 Å². The summed E-state index contributed by atoms with van der Waals surface area (Å²) >= 11 is 12.8. The first-order valence-electron chi connectivity index (χ1n) is 9.60. The number of rotatable bonds is 4. The summed E-state index contributed by atoms with van der Waals surface area (Å²) < 4.78 is 6.53. The zero-order valence-electron chi connectivity index (χ0n) is 17.1. The molecule has 4 rings (SSSR count). The Morgan fingerprint density at radius 1 is 1.03 bits per heavy atom. The van der Waals surface area contributed by atoms with E-state index in [1.165, 1.54) is 19.2 Å². The summed E-state index contributed by atoms with van der Waals surface area (Å²) in [6, 6.07) is 19.6. The van der Waals surface area contributed by atoms with Crippen LogP contribution in [0.3, 0.4) is 0 Å². The summed E-state index contributed by atoms with van der Waals surface area (Å²) in [7, 11) is 1.23. The van der Waals surface area contributed by atoms with E-state index < -0.39 is 11.8 Å². The molecule has 0 fully saturated rings. The molecule has 0 saturated carbocycles. The molecule has 0 aliphatic carbocycles. The van der Waals surface area contributed by atoms with E-state index in [-0.39, 0.29) is 21.2 Å². The Morgan fingerprint density at radius 2 is 1.75 bits per heavy atom. The van der Waals surface area contributed by atoms with Crippen LogP contribution in [0.1, 0.15) is 37.5 Å². The van der Waals surface area contributed by atoms with Gasteiger partial charge in [0.2, 0.25) is 5.78 Å². The lowest BCUT2D eigenvalue weighted by molar-refractivity contribution is 0.0601. The summed E-state index contributed by atoms with van der Waals surface area (Å²) in [5.74, 6) is -1.12. The molecule has 158 valence electrons. The molecule has 4 aromatic rings. The highest BCUT2D eigenvalue weighted by atomic mass is 35.5. The molecular formula is C25H16Cl2N2O3. The monoisotopic (exact) mass is 462 g/mol. The van der Waals surface area contributed by atoms with E-state index in [0.29, 0.717) is 16.8 Å². The lowest BCUT2D eigenvalue weighted by atomic mass is 10.0. The highest BCUT2D eigenvalue weighted by molar-refractivity contribution is 6.42. The smallest absolute Gasteiger partial charge is 0.339 e. The number of para-hydroxylation sites is 1. The second-order valence-electron chi connectivity index (χ2n) is 7.14. The van der Waals surface area contributed by atoms with E-state index in [0.717, 1.165) is 16.6 Å². The van der Waals surface area contributed by atoms with Gasteiger partial charge in [-0.15, -0.1) is 0 Å². The van der Waals surface area contributed by atoms with Crippen LogP contribution in [-0.4, -0.2) is 23.4 Å². The first-order valence-corrected chi connectivity index (χ1v) is 10.4. The predicted octanol–water partition coefficient (Wildman–Crippen LogP) is 6.14. The van der Waals surface area contributed by atoms with Gasteiger partial charge in [0.25, 0.3) is 0 Å². The maximum Gasteiger partial charge on any atom is 0.339 e. The minimum atomic E-state index is -0.668. The van der Waals surface area contributed by atoms with Crippen LogP contribution in [0.5, 0.6) is 0 Å². The molecule has 0 amide bonds.